The number of carbonyl (C=O) groups excluding carboxylic acids is 2. The molecule has 2 aliphatic heterocycles. The molecule has 2 heterocycles. The van der Waals surface area contributed by atoms with E-state index in [0.29, 0.717) is 12.1 Å². The molecule has 0 bridgehead atoms. The van der Waals surface area contributed by atoms with Gasteiger partial charge in [0.25, 0.3) is 5.91 Å². The van der Waals surface area contributed by atoms with Crippen LogP contribution in [-0.2, 0) is 0 Å². The molecule has 1 aromatic carbocycles. The molecule has 7 nitrogen and oxygen atoms in total. The van der Waals surface area contributed by atoms with Gasteiger partial charge in [0.15, 0.2) is 0 Å². The number of urea groups is 1. The number of piperidine rings is 1. The number of ether oxygens (including phenoxy) is 1. The Labute approximate surface area is 174 Å². The Balaban J connectivity index is 1.50. The third kappa shape index (κ3) is 5.85. The van der Waals surface area contributed by atoms with Crippen LogP contribution < -0.4 is 4.74 Å². The molecule has 3 amide bonds. The van der Waals surface area contributed by atoms with E-state index in [1.54, 1.807) is 4.90 Å². The molecular formula is C22H34N4O3. The Bertz CT molecular complexity index is 695. The fourth-order valence-electron chi connectivity index (χ4n) is 3.84. The van der Waals surface area contributed by atoms with Gasteiger partial charge in [-0.3, -0.25) is 4.79 Å². The molecule has 0 aliphatic carbocycles. The van der Waals surface area contributed by atoms with Crippen molar-refractivity contribution in [2.24, 2.45) is 0 Å². The van der Waals surface area contributed by atoms with Gasteiger partial charge in [-0.05, 0) is 45.1 Å². The first kappa shape index (κ1) is 21.4. The standard InChI is InChI=1S/C22H34N4O3/c1-23(2)15-16-24(3)21(27)18-7-6-8-20(17-18)29-19-9-13-26(14-10-19)22(28)25-11-4-5-12-25/h6-8,17,19H,4-5,9-16H2,1-3H3. The van der Waals surface area contributed by atoms with Crippen LogP contribution in [0.25, 0.3) is 0 Å². The molecule has 1 aromatic rings. The molecule has 3 rings (SSSR count). The van der Waals surface area contributed by atoms with E-state index in [1.165, 1.54) is 0 Å². The molecule has 2 saturated heterocycles. The summed E-state index contributed by atoms with van der Waals surface area (Å²) >= 11 is 0. The maximum absolute atomic E-state index is 12.6. The summed E-state index contributed by atoms with van der Waals surface area (Å²) in [7, 11) is 5.82. The molecule has 0 aromatic heterocycles. The zero-order valence-corrected chi connectivity index (χ0v) is 18.0. The molecule has 0 atom stereocenters. The van der Waals surface area contributed by atoms with Gasteiger partial charge >= 0.3 is 6.03 Å². The minimum atomic E-state index is 0.00308. The summed E-state index contributed by atoms with van der Waals surface area (Å²) in [5.74, 6) is 0.726. The van der Waals surface area contributed by atoms with Crippen LogP contribution in [0.3, 0.4) is 0 Å². The van der Waals surface area contributed by atoms with Gasteiger partial charge in [0.2, 0.25) is 0 Å². The first-order valence-electron chi connectivity index (χ1n) is 10.6. The number of likely N-dealkylation sites (tertiary alicyclic amines) is 2. The Morgan fingerprint density at radius 2 is 1.66 bits per heavy atom. The van der Waals surface area contributed by atoms with Crippen molar-refractivity contribution in [2.45, 2.75) is 31.8 Å². The van der Waals surface area contributed by atoms with Crippen molar-refractivity contribution in [3.8, 4) is 5.75 Å². The maximum Gasteiger partial charge on any atom is 0.320 e. The summed E-state index contributed by atoms with van der Waals surface area (Å²) < 4.78 is 6.15. The molecule has 0 N–H and O–H groups in total. The summed E-state index contributed by atoms with van der Waals surface area (Å²) in [6.07, 6.45) is 3.95. The fourth-order valence-corrected chi connectivity index (χ4v) is 3.84. The molecule has 0 unspecified atom stereocenters. The van der Waals surface area contributed by atoms with E-state index < -0.39 is 0 Å². The van der Waals surface area contributed by atoms with Gasteiger partial charge in [0, 0.05) is 64.7 Å². The predicted molar refractivity (Wildman–Crippen MR) is 113 cm³/mol. The molecule has 160 valence electrons. The number of carbonyl (C=O) groups is 2. The third-order valence-corrected chi connectivity index (χ3v) is 5.70. The number of benzene rings is 1. The van der Waals surface area contributed by atoms with Crippen molar-refractivity contribution in [3.05, 3.63) is 29.8 Å². The van der Waals surface area contributed by atoms with Crippen LogP contribution in [0.1, 0.15) is 36.0 Å². The van der Waals surface area contributed by atoms with Gasteiger partial charge in [-0.25, -0.2) is 4.79 Å². The highest BCUT2D eigenvalue weighted by atomic mass is 16.5. The van der Waals surface area contributed by atoms with Gasteiger partial charge in [0.1, 0.15) is 11.9 Å². The molecular weight excluding hydrogens is 368 g/mol. The summed E-state index contributed by atoms with van der Waals surface area (Å²) in [6, 6.07) is 7.61. The fraction of sp³-hybridized carbons (Fsp3) is 0.636. The SMILES string of the molecule is CN(C)CCN(C)C(=O)c1cccc(OC2CCN(C(=O)N3CCCC3)CC2)c1. The molecule has 2 fully saturated rings. The highest BCUT2D eigenvalue weighted by molar-refractivity contribution is 5.94. The van der Waals surface area contributed by atoms with Gasteiger partial charge in [-0.1, -0.05) is 6.07 Å². The Hall–Kier alpha value is -2.28. The first-order valence-corrected chi connectivity index (χ1v) is 10.6. The van der Waals surface area contributed by atoms with E-state index in [0.717, 1.165) is 64.2 Å². The van der Waals surface area contributed by atoms with Crippen LogP contribution in [0.15, 0.2) is 24.3 Å². The topological polar surface area (TPSA) is 56.3 Å². The van der Waals surface area contributed by atoms with Gasteiger partial charge in [-0.2, -0.15) is 0 Å². The van der Waals surface area contributed by atoms with E-state index in [4.69, 9.17) is 4.74 Å². The van der Waals surface area contributed by atoms with Crippen LogP contribution in [0.5, 0.6) is 5.75 Å². The Kier molecular flexibility index (Phi) is 7.36. The number of nitrogens with zero attached hydrogens (tertiary/aromatic N) is 4. The zero-order chi connectivity index (χ0) is 20.8. The van der Waals surface area contributed by atoms with E-state index in [9.17, 15) is 9.59 Å². The van der Waals surface area contributed by atoms with E-state index >= 15 is 0 Å². The summed E-state index contributed by atoms with van der Waals surface area (Å²) in [5.41, 5.74) is 0.644. The molecule has 0 saturated carbocycles. The van der Waals surface area contributed by atoms with Crippen LogP contribution in [0, 0.1) is 0 Å². The van der Waals surface area contributed by atoms with Gasteiger partial charge < -0.3 is 24.3 Å². The highest BCUT2D eigenvalue weighted by Crippen LogP contribution is 2.22. The van der Waals surface area contributed by atoms with Gasteiger partial charge in [-0.15, -0.1) is 0 Å². The predicted octanol–water partition coefficient (Wildman–Crippen LogP) is 2.38. The number of hydrogen-bond acceptors (Lipinski definition) is 4. The van der Waals surface area contributed by atoms with Crippen LogP contribution in [0.4, 0.5) is 4.79 Å². The lowest BCUT2D eigenvalue weighted by atomic mass is 10.1. The molecule has 2 aliphatic rings. The monoisotopic (exact) mass is 402 g/mol. The van der Waals surface area contributed by atoms with Crippen molar-refractivity contribution in [1.82, 2.24) is 19.6 Å². The minimum absolute atomic E-state index is 0.00308. The normalized spacial score (nSPS) is 17.7. The zero-order valence-electron chi connectivity index (χ0n) is 18.0. The van der Waals surface area contributed by atoms with Crippen LogP contribution in [0.2, 0.25) is 0 Å². The van der Waals surface area contributed by atoms with E-state index in [-0.39, 0.29) is 18.0 Å². The summed E-state index contributed by atoms with van der Waals surface area (Å²) in [5, 5.41) is 0. The lowest BCUT2D eigenvalue weighted by molar-refractivity contribution is 0.0783. The van der Waals surface area contributed by atoms with E-state index in [1.807, 2.05) is 55.2 Å². The Morgan fingerprint density at radius 3 is 2.31 bits per heavy atom. The van der Waals surface area contributed by atoms with Crippen molar-refractivity contribution >= 4 is 11.9 Å². The lowest BCUT2D eigenvalue weighted by Gasteiger charge is -2.34. The minimum Gasteiger partial charge on any atom is -0.490 e. The largest absolute Gasteiger partial charge is 0.490 e. The number of amides is 3. The van der Waals surface area contributed by atoms with E-state index in [2.05, 4.69) is 4.90 Å². The molecule has 0 spiro atoms. The van der Waals surface area contributed by atoms with Gasteiger partial charge in [0.05, 0.1) is 0 Å². The van der Waals surface area contributed by atoms with Crippen molar-refractivity contribution < 1.29 is 14.3 Å². The number of hydrogen-bond donors (Lipinski definition) is 0. The highest BCUT2D eigenvalue weighted by Gasteiger charge is 2.28. The Morgan fingerprint density at radius 1 is 1.00 bits per heavy atom. The van der Waals surface area contributed by atoms with Crippen molar-refractivity contribution in [3.63, 3.8) is 0 Å². The van der Waals surface area contributed by atoms with Crippen molar-refractivity contribution in [1.29, 1.82) is 0 Å². The smallest absolute Gasteiger partial charge is 0.320 e. The van der Waals surface area contributed by atoms with Crippen LogP contribution in [-0.4, -0.2) is 98.1 Å². The first-order chi connectivity index (χ1) is 13.9. The summed E-state index contributed by atoms with van der Waals surface area (Å²) in [6.45, 7) is 4.74. The van der Waals surface area contributed by atoms with Crippen molar-refractivity contribution in [2.75, 3.05) is 60.4 Å². The quantitative estimate of drug-likeness (QED) is 0.733. The third-order valence-electron chi connectivity index (χ3n) is 5.70. The second-order valence-corrected chi connectivity index (χ2v) is 8.34. The number of rotatable bonds is 6. The summed E-state index contributed by atoms with van der Waals surface area (Å²) in [4.78, 5) is 32.9. The molecule has 0 radical (unpaired) electrons. The van der Waals surface area contributed by atoms with Crippen LogP contribution >= 0.6 is 0 Å². The maximum atomic E-state index is 12.6. The average molecular weight is 403 g/mol. The molecule has 29 heavy (non-hydrogen) atoms. The number of likely N-dealkylation sites (N-methyl/N-ethyl adjacent to an activating group) is 2. The molecule has 7 heteroatoms. The average Bonchev–Trinajstić information content (AvgIpc) is 3.26. The second kappa shape index (κ2) is 9.96. The second-order valence-electron chi connectivity index (χ2n) is 8.34. The lowest BCUT2D eigenvalue weighted by Crippen LogP contribution is -2.47.